The molecular weight excluding hydrogens is 283 g/mol. The normalized spacial score (nSPS) is 19.2. The zero-order valence-corrected chi connectivity index (χ0v) is 11.4. The van der Waals surface area contributed by atoms with Gasteiger partial charge in [0.1, 0.15) is 5.82 Å². The lowest BCUT2D eigenvalue weighted by Crippen LogP contribution is -2.25. The lowest BCUT2D eigenvalue weighted by Gasteiger charge is -2.26. The number of aliphatic hydroxyl groups is 1. The molecular formula is C14H18BrFO. The van der Waals surface area contributed by atoms with Gasteiger partial charge in [0.15, 0.2) is 0 Å². The van der Waals surface area contributed by atoms with Crippen molar-refractivity contribution in [2.45, 2.75) is 44.6 Å². The summed E-state index contributed by atoms with van der Waals surface area (Å²) in [7, 11) is 0. The van der Waals surface area contributed by atoms with Crippen molar-refractivity contribution in [1.82, 2.24) is 0 Å². The van der Waals surface area contributed by atoms with Gasteiger partial charge in [-0.05, 0) is 42.5 Å². The highest BCUT2D eigenvalue weighted by molar-refractivity contribution is 9.10. The minimum absolute atomic E-state index is 0.219. The van der Waals surface area contributed by atoms with Crippen molar-refractivity contribution in [3.63, 3.8) is 0 Å². The first-order chi connectivity index (χ1) is 8.16. The Kier molecular flexibility index (Phi) is 4.57. The van der Waals surface area contributed by atoms with Gasteiger partial charge >= 0.3 is 0 Å². The van der Waals surface area contributed by atoms with E-state index >= 15 is 0 Å². The van der Waals surface area contributed by atoms with Crippen LogP contribution >= 0.6 is 15.9 Å². The third-order valence-corrected chi connectivity index (χ3v) is 4.12. The van der Waals surface area contributed by atoms with Crippen LogP contribution in [0.4, 0.5) is 4.39 Å². The van der Waals surface area contributed by atoms with Crippen LogP contribution < -0.4 is 0 Å². The summed E-state index contributed by atoms with van der Waals surface area (Å²) in [5.74, 6) is 0.130. The van der Waals surface area contributed by atoms with Gasteiger partial charge in [-0.25, -0.2) is 4.39 Å². The second-order valence-electron chi connectivity index (χ2n) is 4.91. The van der Waals surface area contributed by atoms with Gasteiger partial charge < -0.3 is 5.11 Å². The first-order valence-electron chi connectivity index (χ1n) is 6.29. The molecule has 1 N–H and O–H groups in total. The molecule has 1 unspecified atom stereocenters. The molecule has 2 rings (SSSR count). The molecule has 0 spiro atoms. The Morgan fingerprint density at radius 2 is 2.00 bits per heavy atom. The maximum absolute atomic E-state index is 13.6. The van der Waals surface area contributed by atoms with Crippen LogP contribution in [0.15, 0.2) is 22.7 Å². The summed E-state index contributed by atoms with van der Waals surface area (Å²) in [6, 6.07) is 4.90. The minimum atomic E-state index is -0.404. The van der Waals surface area contributed by atoms with E-state index in [-0.39, 0.29) is 5.82 Å². The van der Waals surface area contributed by atoms with Gasteiger partial charge in [-0.15, -0.1) is 0 Å². The van der Waals surface area contributed by atoms with Gasteiger partial charge in [0.05, 0.1) is 6.10 Å². The van der Waals surface area contributed by atoms with E-state index in [1.54, 1.807) is 12.1 Å². The molecule has 1 atom stereocenters. The van der Waals surface area contributed by atoms with Gasteiger partial charge in [0.2, 0.25) is 0 Å². The van der Waals surface area contributed by atoms with E-state index in [2.05, 4.69) is 15.9 Å². The molecule has 0 saturated heterocycles. The molecule has 0 heterocycles. The summed E-state index contributed by atoms with van der Waals surface area (Å²) in [5, 5.41) is 10.2. The molecule has 17 heavy (non-hydrogen) atoms. The van der Waals surface area contributed by atoms with Crippen LogP contribution in [0.5, 0.6) is 0 Å². The molecule has 1 aliphatic rings. The summed E-state index contributed by atoms with van der Waals surface area (Å²) in [5.41, 5.74) is 0.609. The van der Waals surface area contributed by atoms with E-state index in [4.69, 9.17) is 0 Å². The molecule has 1 aromatic carbocycles. The van der Waals surface area contributed by atoms with Crippen molar-refractivity contribution in [2.75, 3.05) is 0 Å². The fourth-order valence-electron chi connectivity index (χ4n) is 2.61. The zero-order chi connectivity index (χ0) is 12.3. The summed E-state index contributed by atoms with van der Waals surface area (Å²) in [6.07, 6.45) is 5.85. The molecule has 0 radical (unpaired) electrons. The van der Waals surface area contributed by atoms with Crippen molar-refractivity contribution in [3.05, 3.63) is 34.1 Å². The van der Waals surface area contributed by atoms with Gasteiger partial charge in [-0.3, -0.25) is 0 Å². The Balaban J connectivity index is 2.01. The van der Waals surface area contributed by atoms with Crippen molar-refractivity contribution in [2.24, 2.45) is 5.92 Å². The highest BCUT2D eigenvalue weighted by atomic mass is 79.9. The Morgan fingerprint density at radius 1 is 1.29 bits per heavy atom. The third-order valence-electron chi connectivity index (χ3n) is 3.63. The predicted molar refractivity (Wildman–Crippen MR) is 70.4 cm³/mol. The highest BCUT2D eigenvalue weighted by Gasteiger charge is 2.22. The predicted octanol–water partition coefficient (Wildman–Crippen LogP) is 4.07. The van der Waals surface area contributed by atoms with Crippen molar-refractivity contribution in [3.8, 4) is 0 Å². The molecule has 1 fully saturated rings. The van der Waals surface area contributed by atoms with E-state index in [9.17, 15) is 9.50 Å². The molecule has 3 heteroatoms. The molecule has 1 saturated carbocycles. The summed E-state index contributed by atoms with van der Waals surface area (Å²) < 4.78 is 14.4. The molecule has 0 bridgehead atoms. The minimum Gasteiger partial charge on any atom is -0.392 e. The summed E-state index contributed by atoms with van der Waals surface area (Å²) in [4.78, 5) is 0. The Morgan fingerprint density at radius 3 is 2.71 bits per heavy atom. The maximum Gasteiger partial charge on any atom is 0.126 e. The number of rotatable bonds is 3. The molecule has 0 amide bonds. The standard InChI is InChI=1S/C14H18BrFO/c15-12-6-7-13(16)11(8-12)9-14(17)10-4-2-1-3-5-10/h6-8,10,14,17H,1-5,9H2. The largest absolute Gasteiger partial charge is 0.392 e. The zero-order valence-electron chi connectivity index (χ0n) is 9.83. The van der Waals surface area contributed by atoms with E-state index in [1.165, 1.54) is 25.3 Å². The smallest absolute Gasteiger partial charge is 0.126 e. The molecule has 94 valence electrons. The van der Waals surface area contributed by atoms with Gasteiger partial charge in [0.25, 0.3) is 0 Å². The molecule has 1 aliphatic carbocycles. The van der Waals surface area contributed by atoms with Crippen molar-refractivity contribution >= 4 is 15.9 Å². The third kappa shape index (κ3) is 3.52. The van der Waals surface area contributed by atoms with Gasteiger partial charge in [-0.1, -0.05) is 35.2 Å². The number of aliphatic hydroxyl groups excluding tert-OH is 1. The monoisotopic (exact) mass is 300 g/mol. The van der Waals surface area contributed by atoms with Crippen LogP contribution in [0.1, 0.15) is 37.7 Å². The number of hydrogen-bond donors (Lipinski definition) is 1. The average molecular weight is 301 g/mol. The van der Waals surface area contributed by atoms with Crippen molar-refractivity contribution in [1.29, 1.82) is 0 Å². The SMILES string of the molecule is OC(Cc1cc(Br)ccc1F)C1CCCCC1. The Labute approximate surface area is 110 Å². The molecule has 1 aromatic rings. The first-order valence-corrected chi connectivity index (χ1v) is 7.08. The quantitative estimate of drug-likeness (QED) is 0.892. The average Bonchev–Trinajstić information content (AvgIpc) is 2.35. The highest BCUT2D eigenvalue weighted by Crippen LogP contribution is 2.28. The van der Waals surface area contributed by atoms with Crippen LogP contribution in [0.25, 0.3) is 0 Å². The molecule has 1 nitrogen and oxygen atoms in total. The number of halogens is 2. The lowest BCUT2D eigenvalue weighted by atomic mass is 9.83. The Hall–Kier alpha value is -0.410. The van der Waals surface area contributed by atoms with E-state index in [0.29, 0.717) is 17.9 Å². The molecule has 0 aromatic heterocycles. The van der Waals surface area contributed by atoms with Crippen LogP contribution in [-0.2, 0) is 6.42 Å². The Bertz CT molecular complexity index is 374. The summed E-state index contributed by atoms with van der Waals surface area (Å²) in [6.45, 7) is 0. The van der Waals surface area contributed by atoms with Crippen LogP contribution in [0.3, 0.4) is 0 Å². The van der Waals surface area contributed by atoms with Crippen LogP contribution in [0, 0.1) is 11.7 Å². The second kappa shape index (κ2) is 5.96. The number of benzene rings is 1. The number of hydrogen-bond acceptors (Lipinski definition) is 1. The van der Waals surface area contributed by atoms with Gasteiger partial charge in [-0.2, -0.15) is 0 Å². The van der Waals surface area contributed by atoms with Crippen LogP contribution in [-0.4, -0.2) is 11.2 Å². The lowest BCUT2D eigenvalue weighted by molar-refractivity contribution is 0.0843. The first kappa shape index (κ1) is 13.0. The second-order valence-corrected chi connectivity index (χ2v) is 5.82. The summed E-state index contributed by atoms with van der Waals surface area (Å²) >= 11 is 3.33. The van der Waals surface area contributed by atoms with Crippen molar-refractivity contribution < 1.29 is 9.50 Å². The fourth-order valence-corrected chi connectivity index (χ4v) is 3.02. The van der Waals surface area contributed by atoms with E-state index in [0.717, 1.165) is 17.3 Å². The fraction of sp³-hybridized carbons (Fsp3) is 0.571. The van der Waals surface area contributed by atoms with Crippen LogP contribution in [0.2, 0.25) is 0 Å². The topological polar surface area (TPSA) is 20.2 Å². The van der Waals surface area contributed by atoms with E-state index < -0.39 is 6.10 Å². The maximum atomic E-state index is 13.6. The van der Waals surface area contributed by atoms with Gasteiger partial charge in [0, 0.05) is 10.9 Å². The van der Waals surface area contributed by atoms with E-state index in [1.807, 2.05) is 0 Å². The molecule has 0 aliphatic heterocycles.